The molecule has 10 heteroatoms. The molecular weight excluding hydrogens is 550 g/mol. The second-order valence-corrected chi connectivity index (χ2v) is 15.8. The molecule has 6 bridgehead atoms. The maximum atomic E-state index is 13.7. The highest BCUT2D eigenvalue weighted by Crippen LogP contribution is 2.55. The van der Waals surface area contributed by atoms with Gasteiger partial charge in [0, 0.05) is 55.7 Å². The highest BCUT2D eigenvalue weighted by Gasteiger charge is 2.55. The normalized spacial score (nSPS) is 35.4. The zero-order chi connectivity index (χ0) is 28.8. The Balaban J connectivity index is 0.989. The minimum absolute atomic E-state index is 0.0226. The second-order valence-electron chi connectivity index (χ2n) is 13.9. The molecule has 42 heavy (non-hydrogen) atoms. The van der Waals surface area contributed by atoms with Gasteiger partial charge >= 0.3 is 6.03 Å². The van der Waals surface area contributed by atoms with Crippen LogP contribution in [0.5, 0.6) is 0 Å². The van der Waals surface area contributed by atoms with Crippen LogP contribution in [-0.2, 0) is 10.0 Å². The lowest BCUT2D eigenvalue weighted by atomic mass is 9.52. The zero-order valence-electron chi connectivity index (χ0n) is 24.2. The van der Waals surface area contributed by atoms with Gasteiger partial charge in [-0.1, -0.05) is 12.1 Å². The summed E-state index contributed by atoms with van der Waals surface area (Å²) in [6, 6.07) is 17.3. The number of rotatable bonds is 4. The number of amides is 2. The third-order valence-corrected chi connectivity index (χ3v) is 12.4. The second kappa shape index (κ2) is 9.59. The number of piperazine rings is 1. The smallest absolute Gasteiger partial charge is 0.322 e. The Labute approximate surface area is 248 Å². The summed E-state index contributed by atoms with van der Waals surface area (Å²) in [5.41, 5.74) is 3.67. The lowest BCUT2D eigenvalue weighted by Crippen LogP contribution is -2.63. The van der Waals surface area contributed by atoms with E-state index in [9.17, 15) is 18.3 Å². The van der Waals surface area contributed by atoms with E-state index < -0.39 is 15.6 Å². The number of carbonyl (C=O) groups excluding carboxylic acids is 1. The van der Waals surface area contributed by atoms with Crippen molar-refractivity contribution in [2.75, 3.05) is 47.1 Å². The number of anilines is 4. The molecule has 2 aromatic carbocycles. The fourth-order valence-corrected chi connectivity index (χ4v) is 10.5. The first-order valence-electron chi connectivity index (χ1n) is 15.7. The zero-order valence-corrected chi connectivity index (χ0v) is 25.0. The Hall–Kier alpha value is -2.82. The van der Waals surface area contributed by atoms with Gasteiger partial charge in [-0.3, -0.25) is 4.90 Å². The van der Waals surface area contributed by atoms with Crippen LogP contribution >= 0.6 is 0 Å². The number of para-hydroxylation sites is 2. The average molecular weight is 592 g/mol. The Morgan fingerprint density at radius 2 is 1.50 bits per heavy atom. The number of benzene rings is 2. The van der Waals surface area contributed by atoms with E-state index in [0.29, 0.717) is 43.9 Å². The first kappa shape index (κ1) is 26.8. The quantitative estimate of drug-likeness (QED) is 0.560. The van der Waals surface area contributed by atoms with Crippen molar-refractivity contribution in [3.05, 3.63) is 48.5 Å². The Bertz CT molecular complexity index is 1470. The summed E-state index contributed by atoms with van der Waals surface area (Å²) in [6.07, 6.45) is 8.17. The summed E-state index contributed by atoms with van der Waals surface area (Å²) in [6.45, 7) is 2.40. The van der Waals surface area contributed by atoms with Crippen LogP contribution in [0.2, 0.25) is 0 Å². The molecule has 4 aliphatic carbocycles. The standard InChI is InChI=1S/C32H41N5O4S/c1-42(40,41)34-19-26-10-11-27(20-34)37(26)25-8-6-24(7-9-25)35-12-13-36(29-5-3-2-4-28(29)35)31(38)33-30-22-14-21-15-23(30)18-32(39,16-21)17-22/h2-9,21-23,26-27,30,39H,10-20H2,1H3,(H,33,38)/t21?,22?,23?,26-,27-,30?,32?/m0/s1. The van der Waals surface area contributed by atoms with Gasteiger partial charge in [0.1, 0.15) is 0 Å². The van der Waals surface area contributed by atoms with Crippen molar-refractivity contribution in [2.45, 2.75) is 68.7 Å². The van der Waals surface area contributed by atoms with Crippen molar-refractivity contribution < 1.29 is 18.3 Å². The molecule has 2 unspecified atom stereocenters. The third-order valence-electron chi connectivity index (χ3n) is 11.2. The minimum Gasteiger partial charge on any atom is -0.390 e. The summed E-state index contributed by atoms with van der Waals surface area (Å²) in [5.74, 6) is 1.37. The van der Waals surface area contributed by atoms with Crippen molar-refractivity contribution >= 4 is 38.8 Å². The molecule has 7 aliphatic rings. The number of nitrogens with one attached hydrogen (secondary N) is 1. The third kappa shape index (κ3) is 4.40. The van der Waals surface area contributed by atoms with Crippen molar-refractivity contribution in [1.29, 1.82) is 0 Å². The van der Waals surface area contributed by atoms with Gasteiger partial charge in [0.25, 0.3) is 0 Å². The molecule has 6 fully saturated rings. The number of fused-ring (bicyclic) bond motifs is 3. The van der Waals surface area contributed by atoms with E-state index >= 15 is 0 Å². The van der Waals surface area contributed by atoms with Crippen LogP contribution in [0, 0.1) is 17.8 Å². The van der Waals surface area contributed by atoms with Crippen LogP contribution in [0.25, 0.3) is 0 Å². The van der Waals surface area contributed by atoms with Gasteiger partial charge in [-0.25, -0.2) is 13.2 Å². The van der Waals surface area contributed by atoms with Gasteiger partial charge in [0.2, 0.25) is 10.0 Å². The van der Waals surface area contributed by atoms with Crippen LogP contribution in [0.1, 0.15) is 44.9 Å². The van der Waals surface area contributed by atoms with E-state index in [0.717, 1.165) is 67.7 Å². The molecule has 224 valence electrons. The summed E-state index contributed by atoms with van der Waals surface area (Å²) >= 11 is 0. The van der Waals surface area contributed by atoms with Crippen LogP contribution < -0.4 is 20.0 Å². The minimum atomic E-state index is -3.18. The first-order valence-corrected chi connectivity index (χ1v) is 17.5. The SMILES string of the molecule is CS(=O)(=O)N1C[C@@H]2CC[C@@H](C1)N2c1ccc(N2CCN(C(=O)NC3C4CC5CC3CC(O)(C5)C4)c3ccccc32)cc1. The van der Waals surface area contributed by atoms with Gasteiger partial charge in [0.15, 0.2) is 0 Å². The molecular formula is C32H41N5O4S. The molecule has 0 aromatic heterocycles. The first-order chi connectivity index (χ1) is 20.1. The molecule has 3 aliphatic heterocycles. The molecule has 3 heterocycles. The Kier molecular flexibility index (Phi) is 6.12. The van der Waals surface area contributed by atoms with Gasteiger partial charge in [-0.15, -0.1) is 0 Å². The van der Waals surface area contributed by atoms with Crippen LogP contribution in [-0.4, -0.2) is 80.0 Å². The van der Waals surface area contributed by atoms with Crippen molar-refractivity contribution in [3.8, 4) is 0 Å². The molecule has 2 saturated heterocycles. The van der Waals surface area contributed by atoms with Crippen LogP contribution in [0.4, 0.5) is 27.5 Å². The monoisotopic (exact) mass is 591 g/mol. The van der Waals surface area contributed by atoms with Gasteiger partial charge in [0.05, 0.1) is 23.2 Å². The maximum Gasteiger partial charge on any atom is 0.322 e. The summed E-state index contributed by atoms with van der Waals surface area (Å²) in [4.78, 5) is 20.3. The number of hydrogen-bond donors (Lipinski definition) is 2. The highest BCUT2D eigenvalue weighted by molar-refractivity contribution is 7.88. The van der Waals surface area contributed by atoms with Crippen molar-refractivity contribution in [2.24, 2.45) is 17.8 Å². The number of hydrogen-bond acceptors (Lipinski definition) is 6. The summed E-state index contributed by atoms with van der Waals surface area (Å²) < 4.78 is 26.0. The highest BCUT2D eigenvalue weighted by atomic mass is 32.2. The van der Waals surface area contributed by atoms with Gasteiger partial charge in [-0.2, -0.15) is 4.31 Å². The van der Waals surface area contributed by atoms with E-state index in [4.69, 9.17) is 0 Å². The predicted molar refractivity (Wildman–Crippen MR) is 164 cm³/mol. The van der Waals surface area contributed by atoms with E-state index in [1.807, 2.05) is 23.1 Å². The van der Waals surface area contributed by atoms with Crippen LogP contribution in [0.3, 0.4) is 0 Å². The van der Waals surface area contributed by atoms with Crippen molar-refractivity contribution in [3.63, 3.8) is 0 Å². The molecule has 2 N–H and O–H groups in total. The maximum absolute atomic E-state index is 13.7. The molecule has 0 radical (unpaired) electrons. The molecule has 9 nitrogen and oxygen atoms in total. The van der Waals surface area contributed by atoms with Gasteiger partial charge in [-0.05, 0) is 99.1 Å². The fourth-order valence-electron chi connectivity index (χ4n) is 9.64. The predicted octanol–water partition coefficient (Wildman–Crippen LogP) is 3.91. The number of carbonyl (C=O) groups is 1. The van der Waals surface area contributed by atoms with E-state index in [1.54, 1.807) is 4.31 Å². The Morgan fingerprint density at radius 3 is 2.12 bits per heavy atom. The summed E-state index contributed by atoms with van der Waals surface area (Å²) in [7, 11) is -3.18. The number of urea groups is 1. The fraction of sp³-hybridized carbons (Fsp3) is 0.594. The van der Waals surface area contributed by atoms with E-state index in [1.165, 1.54) is 6.26 Å². The molecule has 2 amide bonds. The van der Waals surface area contributed by atoms with Gasteiger partial charge < -0.3 is 20.2 Å². The van der Waals surface area contributed by atoms with Crippen LogP contribution in [0.15, 0.2) is 48.5 Å². The lowest BCUT2D eigenvalue weighted by molar-refractivity contribution is -0.136. The largest absolute Gasteiger partial charge is 0.390 e. The number of aliphatic hydroxyl groups is 1. The molecule has 2 aromatic rings. The lowest BCUT2D eigenvalue weighted by Gasteiger charge is -2.58. The Morgan fingerprint density at radius 1 is 0.881 bits per heavy atom. The van der Waals surface area contributed by atoms with Crippen molar-refractivity contribution in [1.82, 2.24) is 9.62 Å². The number of sulfonamides is 1. The molecule has 4 atom stereocenters. The molecule has 9 rings (SSSR count). The van der Waals surface area contributed by atoms with E-state index in [2.05, 4.69) is 45.4 Å². The molecule has 4 saturated carbocycles. The molecule has 0 spiro atoms. The number of nitrogens with zero attached hydrogens (tertiary/aromatic N) is 4. The van der Waals surface area contributed by atoms with E-state index in [-0.39, 0.29) is 24.2 Å². The topological polar surface area (TPSA) is 96.4 Å². The summed E-state index contributed by atoms with van der Waals surface area (Å²) in [5, 5.41) is 14.4. The average Bonchev–Trinajstić information content (AvgIpc) is 3.21.